The van der Waals surface area contributed by atoms with Crippen molar-refractivity contribution in [1.82, 2.24) is 0 Å². The van der Waals surface area contributed by atoms with Crippen LogP contribution in [0.15, 0.2) is 54.6 Å². The Hall–Kier alpha value is -2.94. The van der Waals surface area contributed by atoms with Gasteiger partial charge in [0.2, 0.25) is 0 Å². The Morgan fingerprint density at radius 1 is 0.923 bits per heavy atom. The van der Waals surface area contributed by atoms with Crippen molar-refractivity contribution in [3.63, 3.8) is 0 Å². The molecule has 0 bridgehead atoms. The number of carbonyl (C=O) groups excluding carboxylic acids is 1. The van der Waals surface area contributed by atoms with Crippen LogP contribution in [0.2, 0.25) is 0 Å². The third-order valence-corrected chi connectivity index (χ3v) is 4.85. The van der Waals surface area contributed by atoms with Crippen LogP contribution >= 0.6 is 0 Å². The van der Waals surface area contributed by atoms with E-state index in [0.717, 1.165) is 27.8 Å². The van der Waals surface area contributed by atoms with Gasteiger partial charge in [-0.25, -0.2) is 0 Å². The van der Waals surface area contributed by atoms with Crippen molar-refractivity contribution in [2.75, 3.05) is 0 Å². The number of hydrogen-bond acceptors (Lipinski definition) is 2. The summed E-state index contributed by atoms with van der Waals surface area (Å²) in [5.41, 5.74) is 5.51. The van der Waals surface area contributed by atoms with Gasteiger partial charge in [0.1, 0.15) is 0 Å². The fraction of sp³-hybridized carbons (Fsp3) is 0.217. The highest BCUT2D eigenvalue weighted by molar-refractivity contribution is 6.15. The van der Waals surface area contributed by atoms with E-state index in [4.69, 9.17) is 0 Å². The van der Waals surface area contributed by atoms with Crippen molar-refractivity contribution in [3.8, 4) is 11.1 Å². The van der Waals surface area contributed by atoms with E-state index in [1.165, 1.54) is 0 Å². The van der Waals surface area contributed by atoms with Crippen molar-refractivity contribution in [2.45, 2.75) is 33.1 Å². The van der Waals surface area contributed by atoms with E-state index in [2.05, 4.69) is 13.8 Å². The number of ketones is 1. The maximum atomic E-state index is 13.2. The fourth-order valence-electron chi connectivity index (χ4n) is 3.42. The second-order valence-corrected chi connectivity index (χ2v) is 6.89. The van der Waals surface area contributed by atoms with Crippen LogP contribution in [0.25, 0.3) is 11.1 Å². The average molecular weight is 346 g/mol. The Labute approximate surface area is 153 Å². The minimum Gasteiger partial charge on any atom is -0.481 e. The highest BCUT2D eigenvalue weighted by Gasteiger charge is 2.26. The summed E-state index contributed by atoms with van der Waals surface area (Å²) >= 11 is 0. The van der Waals surface area contributed by atoms with Crippen molar-refractivity contribution >= 4 is 11.8 Å². The molecular formula is C23H22O3. The first kappa shape index (κ1) is 17.9. The van der Waals surface area contributed by atoms with Gasteiger partial charge in [0.15, 0.2) is 5.78 Å². The number of fused-ring (bicyclic) bond motifs is 1. The predicted octanol–water partition coefficient (Wildman–Crippen LogP) is 5.08. The van der Waals surface area contributed by atoms with Gasteiger partial charge in [-0.05, 0) is 40.7 Å². The molecule has 2 aliphatic rings. The molecule has 132 valence electrons. The van der Waals surface area contributed by atoms with Gasteiger partial charge in [-0.2, -0.15) is 0 Å². The molecule has 0 spiro atoms. The molecule has 2 aliphatic carbocycles. The molecule has 0 aromatic heterocycles. The maximum absolute atomic E-state index is 13.2. The summed E-state index contributed by atoms with van der Waals surface area (Å²) < 4.78 is 0. The molecule has 26 heavy (non-hydrogen) atoms. The van der Waals surface area contributed by atoms with Gasteiger partial charge in [0, 0.05) is 11.1 Å². The molecule has 3 heteroatoms. The largest absolute Gasteiger partial charge is 0.481 e. The van der Waals surface area contributed by atoms with E-state index in [-0.39, 0.29) is 12.2 Å². The zero-order valence-corrected chi connectivity index (χ0v) is 15.2. The molecule has 0 saturated carbocycles. The first-order chi connectivity index (χ1) is 12.4. The van der Waals surface area contributed by atoms with Gasteiger partial charge in [-0.15, -0.1) is 0 Å². The highest BCUT2D eigenvalue weighted by Crippen LogP contribution is 2.38. The van der Waals surface area contributed by atoms with E-state index in [1.807, 2.05) is 49.4 Å². The van der Waals surface area contributed by atoms with Gasteiger partial charge in [-0.3, -0.25) is 9.59 Å². The third kappa shape index (κ3) is 3.25. The second kappa shape index (κ2) is 7.12. The minimum absolute atomic E-state index is 0.0676. The Kier molecular flexibility index (Phi) is 4.90. The first-order valence-electron chi connectivity index (χ1n) is 8.76. The lowest BCUT2D eigenvalue weighted by molar-refractivity contribution is -0.136. The Balaban J connectivity index is 2.26. The van der Waals surface area contributed by atoms with Crippen LogP contribution in [0, 0.1) is 6.92 Å². The summed E-state index contributed by atoms with van der Waals surface area (Å²) in [6.45, 7) is 6.07. The lowest BCUT2D eigenvalue weighted by atomic mass is 9.99. The SMILES string of the molecule is Cc1c(CC(=O)O)c2ccc(C(C)C)ccc-2c1C(=O)c1ccccc1. The fourth-order valence-corrected chi connectivity index (χ4v) is 3.42. The van der Waals surface area contributed by atoms with Crippen LogP contribution in [0.4, 0.5) is 0 Å². The monoisotopic (exact) mass is 346 g/mol. The van der Waals surface area contributed by atoms with Crippen LogP contribution in [0.5, 0.6) is 0 Å². The molecule has 0 aliphatic heterocycles. The van der Waals surface area contributed by atoms with Crippen LogP contribution in [0.1, 0.15) is 52.4 Å². The van der Waals surface area contributed by atoms with Crippen molar-refractivity contribution in [3.05, 3.63) is 82.4 Å². The summed E-state index contributed by atoms with van der Waals surface area (Å²) in [4.78, 5) is 24.5. The Morgan fingerprint density at radius 3 is 2.12 bits per heavy atom. The molecule has 0 amide bonds. The number of hydrogen-bond donors (Lipinski definition) is 1. The number of benzene rings is 1. The first-order valence-corrected chi connectivity index (χ1v) is 8.76. The minimum atomic E-state index is -0.894. The van der Waals surface area contributed by atoms with Crippen LogP contribution in [-0.2, 0) is 11.2 Å². The molecule has 0 saturated heterocycles. The standard InChI is InChI=1S/C23H22O3/c1-14(2)16-9-11-18-19(12-10-16)22(15(3)20(18)13-21(24)25)23(26)17-7-5-4-6-8-17/h4-12,14H,13H2,1-3H3,(H,24,25). The summed E-state index contributed by atoms with van der Waals surface area (Å²) in [5.74, 6) is -0.611. The highest BCUT2D eigenvalue weighted by atomic mass is 16.4. The number of carbonyl (C=O) groups is 2. The average Bonchev–Trinajstić information content (AvgIpc) is 2.76. The van der Waals surface area contributed by atoms with Gasteiger partial charge >= 0.3 is 5.97 Å². The molecule has 3 nitrogen and oxygen atoms in total. The molecule has 1 N–H and O–H groups in total. The second-order valence-electron chi connectivity index (χ2n) is 6.89. The molecule has 3 rings (SSSR count). The number of carboxylic acids is 1. The van der Waals surface area contributed by atoms with E-state index < -0.39 is 5.97 Å². The summed E-state index contributed by atoms with van der Waals surface area (Å²) in [6, 6.07) is 17.1. The van der Waals surface area contributed by atoms with Crippen molar-refractivity contribution in [2.24, 2.45) is 0 Å². The molecule has 0 radical (unpaired) electrons. The molecule has 0 unspecified atom stereocenters. The van der Waals surface area contributed by atoms with Crippen LogP contribution in [0.3, 0.4) is 0 Å². The van der Waals surface area contributed by atoms with E-state index >= 15 is 0 Å². The normalized spacial score (nSPS) is 11.1. The molecule has 1 aromatic rings. The molecule has 0 heterocycles. The quantitative estimate of drug-likeness (QED) is 0.655. The van der Waals surface area contributed by atoms with Gasteiger partial charge in [0.25, 0.3) is 0 Å². The molecule has 1 aromatic carbocycles. The van der Waals surface area contributed by atoms with Crippen LogP contribution < -0.4 is 0 Å². The van der Waals surface area contributed by atoms with Crippen molar-refractivity contribution in [1.29, 1.82) is 0 Å². The maximum Gasteiger partial charge on any atom is 0.307 e. The topological polar surface area (TPSA) is 54.4 Å². The summed E-state index contributed by atoms with van der Waals surface area (Å²) in [5, 5.41) is 9.34. The van der Waals surface area contributed by atoms with Gasteiger partial charge < -0.3 is 5.11 Å². The molecule has 0 fully saturated rings. The molecule has 0 atom stereocenters. The van der Waals surface area contributed by atoms with Gasteiger partial charge in [0.05, 0.1) is 6.42 Å². The predicted molar refractivity (Wildman–Crippen MR) is 103 cm³/mol. The number of aliphatic carboxylic acids is 1. The number of carboxylic acid groups (broad SMARTS) is 1. The third-order valence-electron chi connectivity index (χ3n) is 4.85. The molecular weight excluding hydrogens is 324 g/mol. The Morgan fingerprint density at radius 2 is 1.54 bits per heavy atom. The zero-order chi connectivity index (χ0) is 18.8. The van der Waals surface area contributed by atoms with Gasteiger partial charge in [-0.1, -0.05) is 68.4 Å². The van der Waals surface area contributed by atoms with E-state index in [9.17, 15) is 14.7 Å². The summed E-state index contributed by atoms with van der Waals surface area (Å²) in [7, 11) is 0. The van der Waals surface area contributed by atoms with E-state index in [0.29, 0.717) is 17.0 Å². The zero-order valence-electron chi connectivity index (χ0n) is 15.2. The van der Waals surface area contributed by atoms with E-state index in [1.54, 1.807) is 12.1 Å². The van der Waals surface area contributed by atoms with Crippen molar-refractivity contribution < 1.29 is 14.7 Å². The van der Waals surface area contributed by atoms with Crippen LogP contribution in [-0.4, -0.2) is 16.9 Å². The summed E-state index contributed by atoms with van der Waals surface area (Å²) in [6.07, 6.45) is -0.0918. The smallest absolute Gasteiger partial charge is 0.307 e. The number of rotatable bonds is 5. The Bertz CT molecular complexity index is 939. The lowest BCUT2D eigenvalue weighted by Crippen LogP contribution is -2.04. The lowest BCUT2D eigenvalue weighted by Gasteiger charge is -2.03.